The highest BCUT2D eigenvalue weighted by molar-refractivity contribution is 9.10. The average molecular weight is 461 g/mol. The van der Waals surface area contributed by atoms with E-state index in [2.05, 4.69) is 31.2 Å². The minimum absolute atomic E-state index is 0.0113. The number of imidazole rings is 1. The molecular weight excluding hydrogens is 449 g/mol. The van der Waals surface area contributed by atoms with Crippen LogP contribution in [-0.4, -0.2) is 21.5 Å². The van der Waals surface area contributed by atoms with Gasteiger partial charge in [0.1, 0.15) is 33.8 Å². The van der Waals surface area contributed by atoms with Gasteiger partial charge in [-0.2, -0.15) is 0 Å². The van der Waals surface area contributed by atoms with Crippen molar-refractivity contribution in [3.63, 3.8) is 0 Å². The van der Waals surface area contributed by atoms with Gasteiger partial charge >= 0.3 is 0 Å². The standard InChI is InChI=1S/C20H12BrClFN3O2/c1-9-2-5-11(6-3-9)24-15-14(22)18(27)16-17(19(15)28)26-20(25-16)10-4-7-12(21)13(23)8-10/h2-8,24H,1H3,(H,25,26). The van der Waals surface area contributed by atoms with Crippen LogP contribution in [0, 0.1) is 12.7 Å². The number of aryl methyl sites for hydroxylation is 1. The van der Waals surface area contributed by atoms with Gasteiger partial charge in [-0.05, 0) is 53.2 Å². The second-order valence-electron chi connectivity index (χ2n) is 6.28. The molecule has 4 rings (SSSR count). The van der Waals surface area contributed by atoms with Crippen LogP contribution < -0.4 is 5.32 Å². The Balaban J connectivity index is 1.72. The molecule has 0 spiro atoms. The van der Waals surface area contributed by atoms with E-state index in [0.29, 0.717) is 15.7 Å². The van der Waals surface area contributed by atoms with E-state index in [9.17, 15) is 14.0 Å². The highest BCUT2D eigenvalue weighted by Crippen LogP contribution is 2.31. The molecule has 0 bridgehead atoms. The predicted octanol–water partition coefficient (Wildman–Crippen LogP) is 5.23. The maximum atomic E-state index is 13.8. The molecule has 0 saturated carbocycles. The SMILES string of the molecule is Cc1ccc(NC2=C(Cl)C(=O)c3[nH]c(-c4ccc(Br)c(F)c4)nc3C2=O)cc1. The van der Waals surface area contributed by atoms with Gasteiger partial charge in [0.2, 0.25) is 11.6 Å². The van der Waals surface area contributed by atoms with Gasteiger partial charge in [-0.3, -0.25) is 9.59 Å². The molecule has 0 aliphatic heterocycles. The molecule has 3 aromatic rings. The monoisotopic (exact) mass is 459 g/mol. The van der Waals surface area contributed by atoms with Crippen molar-refractivity contribution in [1.29, 1.82) is 0 Å². The Bertz CT molecular complexity index is 1170. The summed E-state index contributed by atoms with van der Waals surface area (Å²) in [5.41, 5.74) is 1.97. The molecule has 0 atom stereocenters. The Labute approximate surface area is 172 Å². The molecule has 1 aliphatic rings. The van der Waals surface area contributed by atoms with Gasteiger partial charge < -0.3 is 10.3 Å². The zero-order valence-electron chi connectivity index (χ0n) is 14.4. The van der Waals surface area contributed by atoms with Crippen molar-refractivity contribution in [2.45, 2.75) is 6.92 Å². The van der Waals surface area contributed by atoms with Crippen molar-refractivity contribution < 1.29 is 14.0 Å². The number of hydrogen-bond acceptors (Lipinski definition) is 4. The fraction of sp³-hybridized carbons (Fsp3) is 0.0500. The molecule has 0 unspecified atom stereocenters. The lowest BCUT2D eigenvalue weighted by molar-refractivity contribution is 0.0977. The van der Waals surface area contributed by atoms with Crippen molar-refractivity contribution in [3.05, 3.63) is 80.4 Å². The molecule has 0 saturated heterocycles. The molecule has 1 heterocycles. The molecule has 140 valence electrons. The number of nitrogens with zero attached hydrogens (tertiary/aromatic N) is 1. The largest absolute Gasteiger partial charge is 0.351 e. The van der Waals surface area contributed by atoms with E-state index in [4.69, 9.17) is 11.6 Å². The number of anilines is 1. The summed E-state index contributed by atoms with van der Waals surface area (Å²) in [7, 11) is 0. The molecule has 1 aliphatic carbocycles. The second kappa shape index (κ2) is 7.00. The summed E-state index contributed by atoms with van der Waals surface area (Å²) in [6.45, 7) is 1.94. The molecule has 0 radical (unpaired) electrons. The quantitative estimate of drug-likeness (QED) is 0.561. The lowest BCUT2D eigenvalue weighted by Gasteiger charge is -2.15. The summed E-state index contributed by atoms with van der Waals surface area (Å²) in [5.74, 6) is -1.34. The third kappa shape index (κ3) is 3.16. The minimum atomic E-state index is -0.554. The highest BCUT2D eigenvalue weighted by atomic mass is 79.9. The second-order valence-corrected chi connectivity index (χ2v) is 7.51. The Kier molecular flexibility index (Phi) is 4.64. The maximum absolute atomic E-state index is 13.8. The zero-order chi connectivity index (χ0) is 20.0. The van der Waals surface area contributed by atoms with Crippen molar-refractivity contribution >= 4 is 44.8 Å². The van der Waals surface area contributed by atoms with Gasteiger partial charge in [0.25, 0.3) is 0 Å². The van der Waals surface area contributed by atoms with Gasteiger partial charge in [-0.15, -0.1) is 0 Å². The van der Waals surface area contributed by atoms with E-state index in [0.717, 1.165) is 5.56 Å². The van der Waals surface area contributed by atoms with Crippen LogP contribution in [0.3, 0.4) is 0 Å². The Morgan fingerprint density at radius 2 is 1.82 bits per heavy atom. The number of halogens is 3. The lowest BCUT2D eigenvalue weighted by Crippen LogP contribution is -2.24. The van der Waals surface area contributed by atoms with Crippen molar-refractivity contribution in [2.24, 2.45) is 0 Å². The molecule has 1 aromatic heterocycles. The van der Waals surface area contributed by atoms with Crippen LogP contribution >= 0.6 is 27.5 Å². The third-order valence-corrected chi connectivity index (χ3v) is 5.31. The van der Waals surface area contributed by atoms with E-state index < -0.39 is 17.4 Å². The molecular formula is C20H12BrClFN3O2. The summed E-state index contributed by atoms with van der Waals surface area (Å²) >= 11 is 9.25. The lowest BCUT2D eigenvalue weighted by atomic mass is 10.0. The molecule has 2 N–H and O–H groups in total. The first-order valence-corrected chi connectivity index (χ1v) is 9.40. The van der Waals surface area contributed by atoms with Gasteiger partial charge in [0.05, 0.1) is 4.47 Å². The number of hydrogen-bond donors (Lipinski definition) is 2. The van der Waals surface area contributed by atoms with Crippen LogP contribution in [-0.2, 0) is 0 Å². The molecule has 2 aromatic carbocycles. The molecule has 5 nitrogen and oxygen atoms in total. The molecule has 0 amide bonds. The highest BCUT2D eigenvalue weighted by Gasteiger charge is 2.35. The van der Waals surface area contributed by atoms with E-state index in [-0.39, 0.29) is 27.9 Å². The fourth-order valence-electron chi connectivity index (χ4n) is 2.82. The first-order chi connectivity index (χ1) is 13.3. The van der Waals surface area contributed by atoms with Gasteiger partial charge in [0, 0.05) is 11.3 Å². The zero-order valence-corrected chi connectivity index (χ0v) is 16.8. The summed E-state index contributed by atoms with van der Waals surface area (Å²) in [6.07, 6.45) is 0. The van der Waals surface area contributed by atoms with Crippen LogP contribution in [0.5, 0.6) is 0 Å². The number of carbonyl (C=O) groups excluding carboxylic acids is 2. The van der Waals surface area contributed by atoms with Gasteiger partial charge in [-0.1, -0.05) is 29.3 Å². The number of carbonyl (C=O) groups is 2. The normalized spacial score (nSPS) is 13.7. The summed E-state index contributed by atoms with van der Waals surface area (Å²) < 4.78 is 14.1. The predicted molar refractivity (Wildman–Crippen MR) is 108 cm³/mol. The number of H-pyrrole nitrogens is 1. The Morgan fingerprint density at radius 1 is 1.11 bits per heavy atom. The average Bonchev–Trinajstić information content (AvgIpc) is 3.13. The first-order valence-electron chi connectivity index (χ1n) is 8.23. The smallest absolute Gasteiger partial charge is 0.231 e. The maximum Gasteiger partial charge on any atom is 0.231 e. The summed E-state index contributed by atoms with van der Waals surface area (Å²) in [5, 5.41) is 2.68. The number of allylic oxidation sites excluding steroid dienone is 2. The third-order valence-electron chi connectivity index (χ3n) is 4.31. The minimum Gasteiger partial charge on any atom is -0.351 e. The number of benzene rings is 2. The van der Waals surface area contributed by atoms with E-state index in [1.807, 2.05) is 19.1 Å². The summed E-state index contributed by atoms with van der Waals surface area (Å²) in [4.78, 5) is 32.5. The number of fused-ring (bicyclic) bond motifs is 1. The molecule has 28 heavy (non-hydrogen) atoms. The van der Waals surface area contributed by atoms with E-state index >= 15 is 0 Å². The van der Waals surface area contributed by atoms with Crippen LogP contribution in [0.2, 0.25) is 0 Å². The van der Waals surface area contributed by atoms with Crippen molar-refractivity contribution in [2.75, 3.05) is 5.32 Å². The first kappa shape index (κ1) is 18.6. The Morgan fingerprint density at radius 3 is 2.50 bits per heavy atom. The number of ketones is 2. The van der Waals surface area contributed by atoms with Gasteiger partial charge in [-0.25, -0.2) is 9.37 Å². The number of aromatic amines is 1. The number of rotatable bonds is 3. The van der Waals surface area contributed by atoms with Crippen LogP contribution in [0.4, 0.5) is 10.1 Å². The van der Waals surface area contributed by atoms with Crippen molar-refractivity contribution in [3.8, 4) is 11.4 Å². The fourth-order valence-corrected chi connectivity index (χ4v) is 3.29. The number of Topliss-reactive ketones (excluding diaryl/α,β-unsaturated/α-hetero) is 2. The van der Waals surface area contributed by atoms with Crippen LogP contribution in [0.15, 0.2) is 57.7 Å². The van der Waals surface area contributed by atoms with E-state index in [1.165, 1.54) is 12.1 Å². The van der Waals surface area contributed by atoms with Crippen LogP contribution in [0.25, 0.3) is 11.4 Å². The number of aromatic nitrogens is 2. The molecule has 0 fully saturated rings. The number of nitrogens with one attached hydrogen (secondary N) is 2. The summed E-state index contributed by atoms with van der Waals surface area (Å²) in [6, 6.07) is 11.7. The van der Waals surface area contributed by atoms with Crippen LogP contribution in [0.1, 0.15) is 26.5 Å². The van der Waals surface area contributed by atoms with Gasteiger partial charge in [0.15, 0.2) is 0 Å². The Hall–Kier alpha value is -2.77. The van der Waals surface area contributed by atoms with Crippen molar-refractivity contribution in [1.82, 2.24) is 9.97 Å². The van der Waals surface area contributed by atoms with E-state index in [1.54, 1.807) is 18.2 Å². The topological polar surface area (TPSA) is 74.8 Å². The molecule has 8 heteroatoms.